The molecule has 0 atom stereocenters. The van der Waals surface area contributed by atoms with Crippen LogP contribution in [0.15, 0.2) is 94.7 Å². The second kappa shape index (κ2) is 16.4. The second-order valence-corrected chi connectivity index (χ2v) is 13.6. The number of benzene rings is 4. The number of phenolic OH excluding ortho intramolecular Hbond substituents is 1. The van der Waals surface area contributed by atoms with Crippen molar-refractivity contribution < 1.29 is 53.0 Å². The smallest absolute Gasteiger partial charge is 0.416 e. The van der Waals surface area contributed by atoms with Crippen molar-refractivity contribution in [3.63, 3.8) is 0 Å². The largest absolute Gasteiger partial charge is 0.506 e. The summed E-state index contributed by atoms with van der Waals surface area (Å²) in [5, 5.41) is 18.9. The summed E-state index contributed by atoms with van der Waals surface area (Å²) in [5.74, 6) is -0.301. The first-order chi connectivity index (χ1) is 21.5. The molecule has 4 aromatic rings. The van der Waals surface area contributed by atoms with Crippen LogP contribution in [-0.2, 0) is 44.3 Å². The Labute approximate surface area is 284 Å². The van der Waals surface area contributed by atoms with Crippen LogP contribution >= 0.6 is 39.1 Å². The maximum Gasteiger partial charge on any atom is 0.416 e. The average molecular weight is 812 g/mol. The number of primary sulfonamides is 2. The number of hydrogen-bond donors (Lipinski definition) is 3. The van der Waals surface area contributed by atoms with Gasteiger partial charge >= 0.3 is 12.4 Å². The molecule has 19 heteroatoms. The first kappa shape index (κ1) is 40.1. The number of ether oxygens (including phenoxy) is 1. The molecule has 47 heavy (non-hydrogen) atoms. The van der Waals surface area contributed by atoms with E-state index in [0.29, 0.717) is 17.0 Å². The summed E-state index contributed by atoms with van der Waals surface area (Å²) in [7, 11) is -7.40. The maximum absolute atomic E-state index is 12.5. The molecular formula is C28H23BrCl2F6N2O6S2. The third-order valence-electron chi connectivity index (χ3n) is 5.54. The monoisotopic (exact) mass is 810 g/mol. The van der Waals surface area contributed by atoms with Gasteiger partial charge in [-0.25, -0.2) is 27.1 Å². The molecule has 0 radical (unpaired) electrons. The van der Waals surface area contributed by atoms with Gasteiger partial charge in [-0.1, -0.05) is 63.4 Å². The third kappa shape index (κ3) is 13.2. The normalized spacial score (nSPS) is 11.9. The summed E-state index contributed by atoms with van der Waals surface area (Å²) in [5.41, 5.74) is -0.384. The molecule has 0 amide bonds. The number of phenols is 1. The van der Waals surface area contributed by atoms with Gasteiger partial charge in [0.1, 0.15) is 18.1 Å². The van der Waals surface area contributed by atoms with Crippen LogP contribution in [0.25, 0.3) is 0 Å². The van der Waals surface area contributed by atoms with Crippen molar-refractivity contribution >= 4 is 59.2 Å². The lowest BCUT2D eigenvalue weighted by molar-refractivity contribution is -0.138. The highest BCUT2D eigenvalue weighted by Gasteiger charge is 2.31. The molecule has 0 saturated carbocycles. The number of hydrogen-bond acceptors (Lipinski definition) is 6. The van der Waals surface area contributed by atoms with E-state index in [0.717, 1.165) is 35.9 Å². The van der Waals surface area contributed by atoms with Crippen LogP contribution in [0.4, 0.5) is 26.3 Å². The van der Waals surface area contributed by atoms with Gasteiger partial charge in [-0.05, 0) is 71.8 Å². The van der Waals surface area contributed by atoms with Crippen LogP contribution in [0.5, 0.6) is 11.5 Å². The van der Waals surface area contributed by atoms with Crippen LogP contribution in [0.1, 0.15) is 22.3 Å². The SMILES string of the molecule is NS(=O)(=O)c1cccc(CBr)c1.NS(=O)(=O)c1cccc(COc2ccc(C(F)(F)F)cc2Cl)c1.Oc1ccc(C(F)(F)F)cc1Cl. The average Bonchev–Trinajstić information content (AvgIpc) is 2.97. The van der Waals surface area contributed by atoms with Gasteiger partial charge in [0.2, 0.25) is 20.0 Å². The van der Waals surface area contributed by atoms with E-state index in [1.165, 1.54) is 24.3 Å². The molecule has 0 spiro atoms. The minimum absolute atomic E-state index is 0.0562. The molecule has 8 nitrogen and oxygen atoms in total. The number of rotatable bonds is 6. The Morgan fingerprint density at radius 1 is 0.681 bits per heavy atom. The molecule has 5 N–H and O–H groups in total. The van der Waals surface area contributed by atoms with E-state index < -0.39 is 43.5 Å². The van der Waals surface area contributed by atoms with Crippen LogP contribution in [0.2, 0.25) is 10.0 Å². The molecule has 0 aliphatic heterocycles. The van der Waals surface area contributed by atoms with E-state index in [1.807, 2.05) is 6.07 Å². The first-order valence-electron chi connectivity index (χ1n) is 12.4. The lowest BCUT2D eigenvalue weighted by Crippen LogP contribution is -2.12. The Balaban J connectivity index is 0.000000270. The summed E-state index contributed by atoms with van der Waals surface area (Å²) in [6, 6.07) is 17.3. The maximum atomic E-state index is 12.5. The van der Waals surface area contributed by atoms with E-state index in [2.05, 4.69) is 15.9 Å². The summed E-state index contributed by atoms with van der Waals surface area (Å²) >= 11 is 14.3. The van der Waals surface area contributed by atoms with Gasteiger partial charge in [0.15, 0.2) is 0 Å². The predicted octanol–water partition coefficient (Wildman–Crippen LogP) is 7.88. The molecule has 256 valence electrons. The lowest BCUT2D eigenvalue weighted by atomic mass is 10.2. The van der Waals surface area contributed by atoms with Crippen molar-refractivity contribution in [2.75, 3.05) is 0 Å². The Kier molecular flexibility index (Phi) is 14.0. The van der Waals surface area contributed by atoms with Crippen LogP contribution < -0.4 is 15.0 Å². The standard InChI is InChI=1S/C14H11ClF3NO3S.C7H8BrNO2S.C7H4ClF3O/c15-12-7-10(14(16,17)18)4-5-13(12)22-8-9-2-1-3-11(6-9)23(19,20)21;8-5-6-2-1-3-7(4-6)12(9,10)11;8-5-3-4(7(9,10)11)1-2-6(5)12/h1-7H,8H2,(H2,19,20,21);1-4H,5H2,(H2,9,10,11);1-3,12H. The zero-order valence-electron chi connectivity index (χ0n) is 23.4. The Morgan fingerprint density at radius 3 is 1.55 bits per heavy atom. The lowest BCUT2D eigenvalue weighted by Gasteiger charge is -2.11. The van der Waals surface area contributed by atoms with Crippen molar-refractivity contribution in [3.05, 3.63) is 117 Å². The summed E-state index contributed by atoms with van der Waals surface area (Å²) < 4.78 is 123. The minimum Gasteiger partial charge on any atom is -0.506 e. The van der Waals surface area contributed by atoms with Gasteiger partial charge < -0.3 is 9.84 Å². The topological polar surface area (TPSA) is 150 Å². The predicted molar refractivity (Wildman–Crippen MR) is 167 cm³/mol. The number of nitrogens with two attached hydrogens (primary N) is 2. The molecule has 0 aromatic heterocycles. The highest BCUT2D eigenvalue weighted by Crippen LogP contribution is 2.35. The van der Waals surface area contributed by atoms with Gasteiger partial charge in [0.25, 0.3) is 0 Å². The van der Waals surface area contributed by atoms with Crippen molar-refractivity contribution in [3.8, 4) is 11.5 Å². The highest BCUT2D eigenvalue weighted by atomic mass is 79.9. The second-order valence-electron chi connectivity index (χ2n) is 9.11. The number of sulfonamides is 2. The van der Waals surface area contributed by atoms with E-state index in [4.69, 9.17) is 43.3 Å². The Bertz CT molecular complexity index is 1910. The van der Waals surface area contributed by atoms with Crippen LogP contribution in [0.3, 0.4) is 0 Å². The van der Waals surface area contributed by atoms with Gasteiger partial charge in [0, 0.05) is 5.33 Å². The number of aromatic hydroxyl groups is 1. The Hall–Kier alpha value is -3.06. The first-order valence-corrected chi connectivity index (χ1v) is 17.3. The third-order valence-corrected chi connectivity index (χ3v) is 8.60. The highest BCUT2D eigenvalue weighted by molar-refractivity contribution is 9.08. The fourth-order valence-corrected chi connectivity index (χ4v) is 5.19. The van der Waals surface area contributed by atoms with Crippen LogP contribution in [0, 0.1) is 0 Å². The van der Waals surface area contributed by atoms with Gasteiger partial charge in [-0.15, -0.1) is 0 Å². The van der Waals surface area contributed by atoms with E-state index in [9.17, 15) is 43.2 Å². The molecule has 0 saturated heterocycles. The molecule has 4 rings (SSSR count). The molecular weight excluding hydrogens is 789 g/mol. The van der Waals surface area contributed by atoms with E-state index >= 15 is 0 Å². The van der Waals surface area contributed by atoms with E-state index in [1.54, 1.807) is 18.2 Å². The van der Waals surface area contributed by atoms with Crippen molar-refractivity contribution in [1.82, 2.24) is 0 Å². The summed E-state index contributed by atoms with van der Waals surface area (Å²) in [6.45, 7) is -0.0750. The zero-order valence-corrected chi connectivity index (χ0v) is 28.1. The Morgan fingerprint density at radius 2 is 1.13 bits per heavy atom. The van der Waals surface area contributed by atoms with E-state index in [-0.39, 0.29) is 37.9 Å². The number of alkyl halides is 7. The minimum atomic E-state index is -4.49. The van der Waals surface area contributed by atoms with Crippen LogP contribution in [-0.4, -0.2) is 21.9 Å². The zero-order chi connectivity index (χ0) is 35.8. The molecule has 0 unspecified atom stereocenters. The molecule has 0 aliphatic rings. The quantitative estimate of drug-likeness (QED) is 0.133. The van der Waals surface area contributed by atoms with Crippen molar-refractivity contribution in [1.29, 1.82) is 0 Å². The molecule has 0 bridgehead atoms. The van der Waals surface area contributed by atoms with Gasteiger partial charge in [-0.3, -0.25) is 0 Å². The molecule has 4 aromatic carbocycles. The summed E-state index contributed by atoms with van der Waals surface area (Å²) in [6.07, 6.45) is -8.91. The fraction of sp³-hybridized carbons (Fsp3) is 0.143. The van der Waals surface area contributed by atoms with Crippen molar-refractivity contribution in [2.24, 2.45) is 10.3 Å². The molecule has 0 fully saturated rings. The number of halogens is 9. The molecule has 0 heterocycles. The summed E-state index contributed by atoms with van der Waals surface area (Å²) in [4.78, 5) is 0.0663. The van der Waals surface area contributed by atoms with Gasteiger partial charge in [0.05, 0.1) is 31.0 Å². The van der Waals surface area contributed by atoms with Gasteiger partial charge in [-0.2, -0.15) is 26.3 Å². The fourth-order valence-electron chi connectivity index (χ4n) is 3.26. The van der Waals surface area contributed by atoms with Crippen molar-refractivity contribution in [2.45, 2.75) is 34.1 Å². The molecule has 0 aliphatic carbocycles.